The van der Waals surface area contributed by atoms with Crippen LogP contribution >= 0.6 is 11.3 Å². The summed E-state index contributed by atoms with van der Waals surface area (Å²) in [6, 6.07) is 7.92. The van der Waals surface area contributed by atoms with E-state index >= 15 is 0 Å². The van der Waals surface area contributed by atoms with Gasteiger partial charge in [-0.05, 0) is 48.8 Å². The van der Waals surface area contributed by atoms with Crippen LogP contribution in [-0.4, -0.2) is 11.3 Å². The molecule has 1 heterocycles. The molecule has 0 saturated carbocycles. The Morgan fingerprint density at radius 1 is 1.50 bits per heavy atom. The molecule has 1 atom stereocenters. The number of para-hydroxylation sites is 1. The summed E-state index contributed by atoms with van der Waals surface area (Å²) < 4.78 is 0. The van der Waals surface area contributed by atoms with Crippen LogP contribution in [0.15, 0.2) is 35.8 Å². The van der Waals surface area contributed by atoms with E-state index in [-0.39, 0.29) is 5.75 Å². The third-order valence-corrected chi connectivity index (χ3v) is 5.60. The number of benzene rings is 1. The van der Waals surface area contributed by atoms with E-state index in [9.17, 15) is 10.4 Å². The van der Waals surface area contributed by atoms with Gasteiger partial charge in [0.2, 0.25) is 0 Å². The summed E-state index contributed by atoms with van der Waals surface area (Å²) in [5.41, 5.74) is 3.38. The van der Waals surface area contributed by atoms with E-state index in [1.807, 2.05) is 18.2 Å². The van der Waals surface area contributed by atoms with E-state index in [1.165, 1.54) is 10.4 Å². The number of phenolic OH excluding ortho intramolecular Hbond substituents is 1. The van der Waals surface area contributed by atoms with Gasteiger partial charge >= 0.3 is 0 Å². The van der Waals surface area contributed by atoms with Crippen molar-refractivity contribution in [2.24, 2.45) is 10.9 Å². The standard InChI is InChI=1S/C20H20N2OS/c1-3-5-14-6-4-7-15(19(14)23)12-22-20-17(11-21)16-9-8-13(2)10-18(16)24-20/h3-4,6-7,12-13,23H,1,5,8-10H2,2H3/b22-12+/t13-/m0/s1. The largest absolute Gasteiger partial charge is 0.507 e. The van der Waals surface area contributed by atoms with Crippen molar-refractivity contribution in [3.63, 3.8) is 0 Å². The first-order chi connectivity index (χ1) is 11.6. The smallest absolute Gasteiger partial charge is 0.134 e. The predicted octanol–water partition coefficient (Wildman–Crippen LogP) is 4.93. The van der Waals surface area contributed by atoms with Crippen molar-refractivity contribution in [2.45, 2.75) is 32.6 Å². The van der Waals surface area contributed by atoms with Gasteiger partial charge < -0.3 is 5.11 Å². The molecule has 0 aliphatic heterocycles. The minimum absolute atomic E-state index is 0.231. The van der Waals surface area contributed by atoms with Crippen LogP contribution in [0.4, 0.5) is 5.00 Å². The lowest BCUT2D eigenvalue weighted by atomic mass is 9.89. The zero-order valence-corrected chi connectivity index (χ0v) is 14.6. The van der Waals surface area contributed by atoms with E-state index in [4.69, 9.17) is 0 Å². The predicted molar refractivity (Wildman–Crippen MR) is 99.5 cm³/mol. The van der Waals surface area contributed by atoms with Gasteiger partial charge in [-0.1, -0.05) is 25.1 Å². The molecule has 1 aromatic heterocycles. The second-order valence-corrected chi connectivity index (χ2v) is 7.33. The number of nitriles is 1. The van der Waals surface area contributed by atoms with Crippen LogP contribution in [0, 0.1) is 17.2 Å². The minimum atomic E-state index is 0.231. The second-order valence-electron chi connectivity index (χ2n) is 6.25. The van der Waals surface area contributed by atoms with Crippen molar-refractivity contribution in [3.8, 4) is 11.8 Å². The molecule has 24 heavy (non-hydrogen) atoms. The molecule has 3 rings (SSSR count). The lowest BCUT2D eigenvalue weighted by Crippen LogP contribution is -2.09. The summed E-state index contributed by atoms with van der Waals surface area (Å²) >= 11 is 1.61. The van der Waals surface area contributed by atoms with E-state index in [2.05, 4.69) is 24.6 Å². The lowest BCUT2D eigenvalue weighted by molar-refractivity contribution is 0.469. The fourth-order valence-corrected chi connectivity index (χ4v) is 4.41. The van der Waals surface area contributed by atoms with Gasteiger partial charge in [0.25, 0.3) is 0 Å². The zero-order valence-electron chi connectivity index (χ0n) is 13.7. The van der Waals surface area contributed by atoms with Gasteiger partial charge in [0.15, 0.2) is 0 Å². The second kappa shape index (κ2) is 7.02. The van der Waals surface area contributed by atoms with E-state index in [0.29, 0.717) is 23.5 Å². The molecule has 0 amide bonds. The maximum Gasteiger partial charge on any atom is 0.134 e. The highest BCUT2D eigenvalue weighted by Gasteiger charge is 2.23. The van der Waals surface area contributed by atoms with Gasteiger partial charge in [0.05, 0.1) is 5.56 Å². The maximum atomic E-state index is 10.3. The van der Waals surface area contributed by atoms with Crippen LogP contribution in [0.5, 0.6) is 5.75 Å². The first-order valence-corrected chi connectivity index (χ1v) is 8.96. The van der Waals surface area contributed by atoms with Gasteiger partial charge in [-0.2, -0.15) is 5.26 Å². The SMILES string of the molecule is C=CCc1cccc(/C=N/c2sc3c(c2C#N)CC[C@H](C)C3)c1O. The Morgan fingerprint density at radius 2 is 2.33 bits per heavy atom. The number of aromatic hydroxyl groups is 1. The molecule has 0 radical (unpaired) electrons. The number of allylic oxidation sites excluding steroid dienone is 1. The quantitative estimate of drug-likeness (QED) is 0.636. The summed E-state index contributed by atoms with van der Waals surface area (Å²) in [6.45, 7) is 5.96. The monoisotopic (exact) mass is 336 g/mol. The normalized spacial score (nSPS) is 16.8. The van der Waals surface area contributed by atoms with E-state index in [1.54, 1.807) is 23.6 Å². The molecule has 3 nitrogen and oxygen atoms in total. The number of rotatable bonds is 4. The van der Waals surface area contributed by atoms with Gasteiger partial charge in [-0.3, -0.25) is 0 Å². The maximum absolute atomic E-state index is 10.3. The molecule has 2 aromatic rings. The Kier molecular flexibility index (Phi) is 4.82. The van der Waals surface area contributed by atoms with Crippen LogP contribution in [0.1, 0.15) is 40.5 Å². The summed E-state index contributed by atoms with van der Waals surface area (Å²) in [4.78, 5) is 5.82. The topological polar surface area (TPSA) is 56.4 Å². The van der Waals surface area contributed by atoms with Crippen molar-refractivity contribution in [2.75, 3.05) is 0 Å². The van der Waals surface area contributed by atoms with E-state index in [0.717, 1.165) is 29.8 Å². The van der Waals surface area contributed by atoms with Crippen LogP contribution < -0.4 is 0 Å². The Bertz CT molecular complexity index is 842. The van der Waals surface area contributed by atoms with Crippen molar-refractivity contribution in [1.82, 2.24) is 0 Å². The molecule has 0 unspecified atom stereocenters. The van der Waals surface area contributed by atoms with Gasteiger partial charge in [0, 0.05) is 16.7 Å². The highest BCUT2D eigenvalue weighted by Crippen LogP contribution is 2.40. The molecule has 0 fully saturated rings. The summed E-state index contributed by atoms with van der Waals surface area (Å²) in [6.07, 6.45) is 7.16. The average molecular weight is 336 g/mol. The molecule has 0 bridgehead atoms. The fraction of sp³-hybridized carbons (Fsp3) is 0.300. The number of thiophene rings is 1. The molecule has 0 saturated heterocycles. The van der Waals surface area contributed by atoms with Gasteiger partial charge in [0.1, 0.15) is 16.8 Å². The first kappa shape index (κ1) is 16.5. The van der Waals surface area contributed by atoms with Gasteiger partial charge in [-0.25, -0.2) is 4.99 Å². The summed E-state index contributed by atoms with van der Waals surface area (Å²) in [7, 11) is 0. The minimum Gasteiger partial charge on any atom is -0.507 e. The number of fused-ring (bicyclic) bond motifs is 1. The lowest BCUT2D eigenvalue weighted by Gasteiger charge is -2.17. The number of phenols is 1. The highest BCUT2D eigenvalue weighted by molar-refractivity contribution is 7.16. The number of hydrogen-bond acceptors (Lipinski definition) is 4. The van der Waals surface area contributed by atoms with E-state index < -0.39 is 0 Å². The van der Waals surface area contributed by atoms with Crippen LogP contribution in [0.2, 0.25) is 0 Å². The first-order valence-electron chi connectivity index (χ1n) is 8.14. The molecule has 122 valence electrons. The zero-order chi connectivity index (χ0) is 17.1. The van der Waals surface area contributed by atoms with Crippen LogP contribution in [0.3, 0.4) is 0 Å². The Morgan fingerprint density at radius 3 is 3.08 bits per heavy atom. The average Bonchev–Trinajstić information content (AvgIpc) is 2.92. The molecule has 1 N–H and O–H groups in total. The number of hydrogen-bond donors (Lipinski definition) is 1. The fourth-order valence-electron chi connectivity index (χ4n) is 3.11. The third kappa shape index (κ3) is 3.13. The summed E-state index contributed by atoms with van der Waals surface area (Å²) in [5, 5.41) is 20.6. The Balaban J connectivity index is 1.95. The van der Waals surface area contributed by atoms with Crippen molar-refractivity contribution >= 4 is 22.6 Å². The highest BCUT2D eigenvalue weighted by atomic mass is 32.1. The Labute approximate surface area is 146 Å². The Hall–Kier alpha value is -2.38. The molecule has 0 spiro atoms. The van der Waals surface area contributed by atoms with Crippen LogP contribution in [-0.2, 0) is 19.3 Å². The molecule has 1 aliphatic carbocycles. The van der Waals surface area contributed by atoms with Crippen molar-refractivity contribution in [3.05, 3.63) is 58.0 Å². The molecule has 1 aromatic carbocycles. The molecular weight excluding hydrogens is 316 g/mol. The van der Waals surface area contributed by atoms with Crippen LogP contribution in [0.25, 0.3) is 0 Å². The van der Waals surface area contributed by atoms with Crippen molar-refractivity contribution in [1.29, 1.82) is 5.26 Å². The third-order valence-electron chi connectivity index (χ3n) is 4.44. The molecule has 4 heteroatoms. The molecular formula is C20H20N2OS. The van der Waals surface area contributed by atoms with Crippen molar-refractivity contribution < 1.29 is 5.11 Å². The number of nitrogens with zero attached hydrogens (tertiary/aromatic N) is 2. The summed E-state index contributed by atoms with van der Waals surface area (Å²) in [5.74, 6) is 0.897. The number of aliphatic imine (C=N–C) groups is 1. The molecule has 1 aliphatic rings. The van der Waals surface area contributed by atoms with Gasteiger partial charge in [-0.15, -0.1) is 17.9 Å².